The van der Waals surface area contributed by atoms with E-state index in [9.17, 15) is 4.79 Å². The van der Waals surface area contributed by atoms with Gasteiger partial charge in [0.15, 0.2) is 0 Å². The lowest BCUT2D eigenvalue weighted by Gasteiger charge is -2.05. The van der Waals surface area contributed by atoms with Crippen molar-refractivity contribution in [1.82, 2.24) is 14.2 Å². The molecule has 0 radical (unpaired) electrons. The van der Waals surface area contributed by atoms with Crippen LogP contribution in [0.5, 0.6) is 0 Å². The van der Waals surface area contributed by atoms with E-state index in [4.69, 9.17) is 5.11 Å². The molecule has 1 N–H and O–H groups in total. The van der Waals surface area contributed by atoms with Crippen LogP contribution in [0.1, 0.15) is 31.4 Å². The molecular formula is C13H19N3O2. The van der Waals surface area contributed by atoms with Gasteiger partial charge in [-0.05, 0) is 25.8 Å². The molecule has 18 heavy (non-hydrogen) atoms. The molecule has 0 atom stereocenters. The van der Waals surface area contributed by atoms with E-state index in [1.54, 1.807) is 15.3 Å². The fourth-order valence-corrected chi connectivity index (χ4v) is 2.07. The molecule has 0 aliphatic rings. The third-order valence-electron chi connectivity index (χ3n) is 3.03. The normalized spacial score (nSPS) is 11.2. The maximum Gasteiger partial charge on any atom is 0.276 e. The fourth-order valence-electron chi connectivity index (χ4n) is 2.07. The second-order valence-electron chi connectivity index (χ2n) is 4.55. The zero-order chi connectivity index (χ0) is 13.0. The van der Waals surface area contributed by atoms with Gasteiger partial charge in [-0.3, -0.25) is 4.79 Å². The third kappa shape index (κ3) is 2.79. The van der Waals surface area contributed by atoms with E-state index in [2.05, 4.69) is 5.10 Å². The van der Waals surface area contributed by atoms with Crippen molar-refractivity contribution in [2.24, 2.45) is 0 Å². The van der Waals surface area contributed by atoms with Crippen LogP contribution < -0.4 is 5.56 Å². The molecule has 0 saturated carbocycles. The smallest absolute Gasteiger partial charge is 0.276 e. The summed E-state index contributed by atoms with van der Waals surface area (Å²) in [5.41, 5.74) is 1.50. The van der Waals surface area contributed by atoms with Crippen molar-refractivity contribution >= 4 is 5.52 Å². The molecule has 2 rings (SSSR count). The zero-order valence-electron chi connectivity index (χ0n) is 10.7. The van der Waals surface area contributed by atoms with E-state index < -0.39 is 0 Å². The minimum absolute atomic E-state index is 0.0141. The van der Waals surface area contributed by atoms with Gasteiger partial charge in [0.05, 0.1) is 5.69 Å². The monoisotopic (exact) mass is 249 g/mol. The topological polar surface area (TPSA) is 59.5 Å². The highest BCUT2D eigenvalue weighted by atomic mass is 16.2. The maximum atomic E-state index is 12.1. The van der Waals surface area contributed by atoms with Crippen LogP contribution in [0, 0.1) is 6.92 Å². The van der Waals surface area contributed by atoms with Crippen molar-refractivity contribution < 1.29 is 5.11 Å². The summed E-state index contributed by atoms with van der Waals surface area (Å²) in [6, 6.07) is 1.81. The quantitative estimate of drug-likeness (QED) is 0.786. The number of hydrogen-bond donors (Lipinski definition) is 1. The number of rotatable bonds is 6. The van der Waals surface area contributed by atoms with E-state index in [1.165, 1.54) is 0 Å². The molecule has 5 nitrogen and oxygen atoms in total. The van der Waals surface area contributed by atoms with Gasteiger partial charge in [0.2, 0.25) is 0 Å². The van der Waals surface area contributed by atoms with Crippen LogP contribution in [0.25, 0.3) is 5.52 Å². The van der Waals surface area contributed by atoms with Crippen LogP contribution in [0.2, 0.25) is 0 Å². The molecule has 2 aromatic rings. The Morgan fingerprint density at radius 2 is 2.00 bits per heavy atom. The van der Waals surface area contributed by atoms with Gasteiger partial charge < -0.3 is 9.67 Å². The van der Waals surface area contributed by atoms with Gasteiger partial charge in [-0.1, -0.05) is 12.8 Å². The van der Waals surface area contributed by atoms with E-state index in [0.29, 0.717) is 5.52 Å². The van der Waals surface area contributed by atoms with Crippen LogP contribution >= 0.6 is 0 Å². The van der Waals surface area contributed by atoms with Gasteiger partial charge in [0.25, 0.3) is 5.56 Å². The third-order valence-corrected chi connectivity index (χ3v) is 3.03. The van der Waals surface area contributed by atoms with Gasteiger partial charge in [0, 0.05) is 25.5 Å². The van der Waals surface area contributed by atoms with Gasteiger partial charge in [-0.2, -0.15) is 5.10 Å². The summed E-state index contributed by atoms with van der Waals surface area (Å²) in [5.74, 6) is 0. The largest absolute Gasteiger partial charge is 0.396 e. The average Bonchev–Trinajstić information content (AvgIpc) is 2.73. The minimum atomic E-state index is 0.0141. The Bertz CT molecular complexity index is 571. The molecule has 0 fully saturated rings. The second-order valence-corrected chi connectivity index (χ2v) is 4.55. The van der Waals surface area contributed by atoms with Crippen molar-refractivity contribution in [2.75, 3.05) is 6.61 Å². The predicted molar refractivity (Wildman–Crippen MR) is 69.7 cm³/mol. The SMILES string of the molecule is Cc1cc2c(=O)n(CCCCCCO)ccn2n1. The Balaban J connectivity index is 2.05. The van der Waals surface area contributed by atoms with Crippen LogP contribution in [-0.4, -0.2) is 25.9 Å². The number of unbranched alkanes of at least 4 members (excludes halogenated alkanes) is 3. The first kappa shape index (κ1) is 12.8. The van der Waals surface area contributed by atoms with Gasteiger partial charge in [0.1, 0.15) is 5.52 Å². The highest BCUT2D eigenvalue weighted by Gasteiger charge is 2.04. The van der Waals surface area contributed by atoms with E-state index in [1.807, 2.05) is 19.2 Å². The summed E-state index contributed by atoms with van der Waals surface area (Å²) in [4.78, 5) is 12.1. The van der Waals surface area contributed by atoms with Crippen LogP contribution in [0.15, 0.2) is 23.3 Å². The molecule has 0 unspecified atom stereocenters. The van der Waals surface area contributed by atoms with Crippen LogP contribution in [0.4, 0.5) is 0 Å². The van der Waals surface area contributed by atoms with Crippen molar-refractivity contribution in [1.29, 1.82) is 0 Å². The Hall–Kier alpha value is -1.62. The van der Waals surface area contributed by atoms with Gasteiger partial charge in [-0.15, -0.1) is 0 Å². The zero-order valence-corrected chi connectivity index (χ0v) is 10.7. The molecule has 0 aliphatic carbocycles. The van der Waals surface area contributed by atoms with Crippen molar-refractivity contribution in [3.8, 4) is 0 Å². The molecule has 0 aliphatic heterocycles. The minimum Gasteiger partial charge on any atom is -0.396 e. The molecule has 98 valence electrons. The van der Waals surface area contributed by atoms with Crippen LogP contribution in [-0.2, 0) is 6.54 Å². The fraction of sp³-hybridized carbons (Fsp3) is 0.538. The number of aryl methyl sites for hydroxylation is 2. The van der Waals surface area contributed by atoms with E-state index >= 15 is 0 Å². The summed E-state index contributed by atoms with van der Waals surface area (Å²) in [5, 5.41) is 12.9. The first-order chi connectivity index (χ1) is 8.72. The lowest BCUT2D eigenvalue weighted by molar-refractivity contribution is 0.282. The number of aliphatic hydroxyl groups excluding tert-OH is 1. The molecule has 2 heterocycles. The highest BCUT2D eigenvalue weighted by Crippen LogP contribution is 2.03. The lowest BCUT2D eigenvalue weighted by atomic mass is 10.2. The molecule has 0 spiro atoms. The second kappa shape index (κ2) is 5.82. The summed E-state index contributed by atoms with van der Waals surface area (Å²) in [6.07, 6.45) is 7.46. The Morgan fingerprint density at radius 3 is 2.78 bits per heavy atom. The molecule has 0 bridgehead atoms. The Labute approximate surface area is 106 Å². The molecule has 2 aromatic heterocycles. The summed E-state index contributed by atoms with van der Waals surface area (Å²) >= 11 is 0. The Kier molecular flexibility index (Phi) is 4.15. The predicted octanol–water partition coefficient (Wildman–Crippen LogP) is 1.36. The van der Waals surface area contributed by atoms with Gasteiger partial charge >= 0.3 is 0 Å². The average molecular weight is 249 g/mol. The summed E-state index contributed by atoms with van der Waals surface area (Å²) in [6.45, 7) is 2.86. The number of hydrogen-bond acceptors (Lipinski definition) is 3. The first-order valence-corrected chi connectivity index (χ1v) is 6.38. The van der Waals surface area contributed by atoms with E-state index in [0.717, 1.165) is 37.9 Å². The molecule has 0 aromatic carbocycles. The first-order valence-electron chi connectivity index (χ1n) is 6.38. The lowest BCUT2D eigenvalue weighted by Crippen LogP contribution is -2.21. The summed E-state index contributed by atoms with van der Waals surface area (Å²) in [7, 11) is 0. The maximum absolute atomic E-state index is 12.1. The molecule has 5 heteroatoms. The van der Waals surface area contributed by atoms with E-state index in [-0.39, 0.29) is 12.2 Å². The molecule has 0 saturated heterocycles. The summed E-state index contributed by atoms with van der Waals surface area (Å²) < 4.78 is 3.36. The number of fused-ring (bicyclic) bond motifs is 1. The molecule has 0 amide bonds. The van der Waals surface area contributed by atoms with Crippen molar-refractivity contribution in [3.63, 3.8) is 0 Å². The van der Waals surface area contributed by atoms with Crippen molar-refractivity contribution in [3.05, 3.63) is 34.5 Å². The number of nitrogens with zero attached hydrogens (tertiary/aromatic N) is 3. The Morgan fingerprint density at radius 1 is 1.22 bits per heavy atom. The van der Waals surface area contributed by atoms with Crippen LogP contribution in [0.3, 0.4) is 0 Å². The molecular weight excluding hydrogens is 230 g/mol. The van der Waals surface area contributed by atoms with Crippen molar-refractivity contribution in [2.45, 2.75) is 39.2 Å². The van der Waals surface area contributed by atoms with Gasteiger partial charge in [-0.25, -0.2) is 4.52 Å². The number of aromatic nitrogens is 3. The highest BCUT2D eigenvalue weighted by molar-refractivity contribution is 5.44. The standard InChI is InChI=1S/C13H19N3O2/c1-11-10-12-13(18)15(7-8-16(12)14-11)6-4-2-3-5-9-17/h7-8,10,17H,2-6,9H2,1H3. The number of aliphatic hydroxyl groups is 1.